The lowest BCUT2D eigenvalue weighted by atomic mass is 10.1. The second kappa shape index (κ2) is 8.19. The summed E-state index contributed by atoms with van der Waals surface area (Å²) in [6.07, 6.45) is 0.466. The second-order valence-electron chi connectivity index (χ2n) is 6.21. The van der Waals surface area contributed by atoms with Crippen LogP contribution >= 0.6 is 0 Å². The Morgan fingerprint density at radius 2 is 1.96 bits per heavy atom. The molecule has 1 aliphatic heterocycles. The summed E-state index contributed by atoms with van der Waals surface area (Å²) in [5.74, 6) is 0.980. The summed E-state index contributed by atoms with van der Waals surface area (Å²) in [4.78, 5) is 13.2. The Balaban J connectivity index is 1.67. The number of rotatable bonds is 6. The minimum atomic E-state index is -0.250. The van der Waals surface area contributed by atoms with Gasteiger partial charge in [-0.05, 0) is 35.4 Å². The van der Waals surface area contributed by atoms with Crippen molar-refractivity contribution in [2.24, 2.45) is 0 Å². The maximum Gasteiger partial charge on any atom is 0.248 e. The van der Waals surface area contributed by atoms with Gasteiger partial charge in [0, 0.05) is 13.5 Å². The number of morpholine rings is 1. The van der Waals surface area contributed by atoms with Crippen LogP contribution < -0.4 is 9.47 Å². The molecular weight excluding hydrogens is 337 g/mol. The van der Waals surface area contributed by atoms with Crippen molar-refractivity contribution in [3.05, 3.63) is 59.4 Å². The molecule has 0 aromatic heterocycles. The molecule has 0 N–H and O–H groups in total. The van der Waals surface area contributed by atoms with Gasteiger partial charge in [-0.1, -0.05) is 18.2 Å². The number of ether oxygens (including phenoxy) is 3. The maximum absolute atomic E-state index is 13.0. The molecule has 26 heavy (non-hydrogen) atoms. The van der Waals surface area contributed by atoms with Crippen molar-refractivity contribution in [1.29, 1.82) is 0 Å². The molecule has 3 rings (SSSR count). The van der Waals surface area contributed by atoms with Gasteiger partial charge in [0.25, 0.3) is 0 Å². The number of methoxy groups -OCH3 is 1. The lowest BCUT2D eigenvalue weighted by Crippen LogP contribution is -2.40. The molecule has 1 amide bonds. The third-order valence-electron chi connectivity index (χ3n) is 4.39. The summed E-state index contributed by atoms with van der Waals surface area (Å²) < 4.78 is 29.8. The SMILES string of the molecule is COc1ccc(C2CN(C)C(=O)CO2)cc1OCCc1ccc(F)cc1. The number of benzene rings is 2. The molecule has 1 unspecified atom stereocenters. The van der Waals surface area contributed by atoms with E-state index < -0.39 is 0 Å². The smallest absolute Gasteiger partial charge is 0.248 e. The Kier molecular flexibility index (Phi) is 5.73. The van der Waals surface area contributed by atoms with E-state index >= 15 is 0 Å². The van der Waals surface area contributed by atoms with Crippen molar-refractivity contribution in [1.82, 2.24) is 4.90 Å². The van der Waals surface area contributed by atoms with Crippen molar-refractivity contribution in [3.63, 3.8) is 0 Å². The molecular formula is C20H22FNO4. The minimum Gasteiger partial charge on any atom is -0.493 e. The van der Waals surface area contributed by atoms with Crippen molar-refractivity contribution in [3.8, 4) is 11.5 Å². The third-order valence-corrected chi connectivity index (χ3v) is 4.39. The molecule has 1 heterocycles. The van der Waals surface area contributed by atoms with Gasteiger partial charge in [0.15, 0.2) is 11.5 Å². The molecule has 1 aliphatic rings. The molecule has 0 aliphatic carbocycles. The second-order valence-corrected chi connectivity index (χ2v) is 6.21. The molecule has 0 saturated carbocycles. The molecule has 0 spiro atoms. The van der Waals surface area contributed by atoms with Crippen LogP contribution in [0.15, 0.2) is 42.5 Å². The highest BCUT2D eigenvalue weighted by Crippen LogP contribution is 2.32. The van der Waals surface area contributed by atoms with Gasteiger partial charge in [0.2, 0.25) is 5.91 Å². The summed E-state index contributed by atoms with van der Waals surface area (Å²) in [5, 5.41) is 0. The van der Waals surface area contributed by atoms with Crippen molar-refractivity contribution in [2.75, 3.05) is 33.9 Å². The largest absolute Gasteiger partial charge is 0.493 e. The van der Waals surface area contributed by atoms with Crippen LogP contribution in [0.4, 0.5) is 4.39 Å². The van der Waals surface area contributed by atoms with E-state index in [-0.39, 0.29) is 24.4 Å². The van der Waals surface area contributed by atoms with E-state index in [1.165, 1.54) is 12.1 Å². The molecule has 1 fully saturated rings. The first-order chi connectivity index (χ1) is 12.6. The average molecular weight is 359 g/mol. The zero-order valence-electron chi connectivity index (χ0n) is 14.9. The summed E-state index contributed by atoms with van der Waals surface area (Å²) in [7, 11) is 3.35. The molecule has 1 saturated heterocycles. The molecule has 138 valence electrons. The first-order valence-electron chi connectivity index (χ1n) is 8.47. The fourth-order valence-electron chi connectivity index (χ4n) is 2.82. The minimum absolute atomic E-state index is 0.0227. The van der Waals surface area contributed by atoms with Crippen molar-refractivity contribution < 1.29 is 23.4 Å². The molecule has 0 radical (unpaired) electrons. The Bertz CT molecular complexity index is 763. The quantitative estimate of drug-likeness (QED) is 0.796. The maximum atomic E-state index is 13.0. The van der Waals surface area contributed by atoms with Gasteiger partial charge in [0.05, 0.1) is 20.3 Å². The van der Waals surface area contributed by atoms with Crippen LogP contribution in [-0.2, 0) is 16.0 Å². The zero-order chi connectivity index (χ0) is 18.5. The number of hydrogen-bond donors (Lipinski definition) is 0. The van der Waals surface area contributed by atoms with Crippen LogP contribution in [0.25, 0.3) is 0 Å². The fourth-order valence-corrected chi connectivity index (χ4v) is 2.82. The number of amides is 1. The van der Waals surface area contributed by atoms with E-state index in [1.807, 2.05) is 18.2 Å². The highest BCUT2D eigenvalue weighted by Gasteiger charge is 2.25. The van der Waals surface area contributed by atoms with Gasteiger partial charge < -0.3 is 19.1 Å². The van der Waals surface area contributed by atoms with E-state index in [1.54, 1.807) is 31.2 Å². The van der Waals surface area contributed by atoms with Crippen molar-refractivity contribution in [2.45, 2.75) is 12.5 Å². The first-order valence-corrected chi connectivity index (χ1v) is 8.47. The molecule has 2 aromatic rings. The molecule has 0 bridgehead atoms. The molecule has 5 nitrogen and oxygen atoms in total. The molecule has 2 aromatic carbocycles. The van der Waals surface area contributed by atoms with E-state index in [0.717, 1.165) is 11.1 Å². The van der Waals surface area contributed by atoms with E-state index in [9.17, 15) is 9.18 Å². The van der Waals surface area contributed by atoms with Gasteiger partial charge in [-0.25, -0.2) is 4.39 Å². The van der Waals surface area contributed by atoms with Crippen LogP contribution in [0, 0.1) is 5.82 Å². The first kappa shape index (κ1) is 18.2. The van der Waals surface area contributed by atoms with Crippen LogP contribution in [0.5, 0.6) is 11.5 Å². The number of likely N-dealkylation sites (N-methyl/N-ethyl adjacent to an activating group) is 1. The lowest BCUT2D eigenvalue weighted by Gasteiger charge is -2.30. The average Bonchev–Trinajstić information content (AvgIpc) is 2.65. The van der Waals surface area contributed by atoms with Gasteiger partial charge in [0.1, 0.15) is 18.5 Å². The monoisotopic (exact) mass is 359 g/mol. The van der Waals surface area contributed by atoms with E-state index in [2.05, 4.69) is 0 Å². The van der Waals surface area contributed by atoms with Crippen LogP contribution in [0.1, 0.15) is 17.2 Å². The Morgan fingerprint density at radius 3 is 2.65 bits per heavy atom. The number of carbonyl (C=O) groups excluding carboxylic acids is 1. The number of hydrogen-bond acceptors (Lipinski definition) is 4. The van der Waals surface area contributed by atoms with Crippen LogP contribution in [0.3, 0.4) is 0 Å². The highest BCUT2D eigenvalue weighted by molar-refractivity contribution is 5.77. The number of carbonyl (C=O) groups is 1. The molecule has 1 atom stereocenters. The summed E-state index contributed by atoms with van der Waals surface area (Å²) in [5.41, 5.74) is 1.93. The topological polar surface area (TPSA) is 48.0 Å². The Morgan fingerprint density at radius 1 is 1.19 bits per heavy atom. The summed E-state index contributed by atoms with van der Waals surface area (Å²) >= 11 is 0. The van der Waals surface area contributed by atoms with Crippen molar-refractivity contribution >= 4 is 5.91 Å². The lowest BCUT2D eigenvalue weighted by molar-refractivity contribution is -0.147. The predicted octanol–water partition coefficient (Wildman–Crippen LogP) is 2.99. The molecule has 6 heteroatoms. The number of nitrogens with zero attached hydrogens (tertiary/aromatic N) is 1. The predicted molar refractivity (Wildman–Crippen MR) is 94.9 cm³/mol. The van der Waals surface area contributed by atoms with Gasteiger partial charge in [-0.2, -0.15) is 0 Å². The van der Waals surface area contributed by atoms with E-state index in [4.69, 9.17) is 14.2 Å². The number of halogens is 1. The summed E-state index contributed by atoms with van der Waals surface area (Å²) in [6.45, 7) is 1.02. The third kappa shape index (κ3) is 4.32. The van der Waals surface area contributed by atoms with Gasteiger partial charge >= 0.3 is 0 Å². The Hall–Kier alpha value is -2.60. The zero-order valence-corrected chi connectivity index (χ0v) is 14.9. The summed E-state index contributed by atoms with van der Waals surface area (Å²) in [6, 6.07) is 12.0. The fraction of sp³-hybridized carbons (Fsp3) is 0.350. The van der Waals surface area contributed by atoms with Gasteiger partial charge in [-0.15, -0.1) is 0 Å². The van der Waals surface area contributed by atoms with Gasteiger partial charge in [-0.3, -0.25) is 4.79 Å². The van der Waals surface area contributed by atoms with E-state index in [0.29, 0.717) is 31.1 Å². The Labute approximate surface area is 152 Å². The van der Waals surface area contributed by atoms with Crippen LogP contribution in [-0.4, -0.2) is 44.7 Å². The van der Waals surface area contributed by atoms with Crippen LogP contribution in [0.2, 0.25) is 0 Å². The highest BCUT2D eigenvalue weighted by atomic mass is 19.1. The normalized spacial score (nSPS) is 17.3. The standard InChI is InChI=1S/C20H22FNO4/c1-22-12-19(26-13-20(22)23)15-5-8-17(24-2)18(11-15)25-10-9-14-3-6-16(21)7-4-14/h3-8,11,19H,9-10,12-13H2,1-2H3.